The number of aromatic nitrogens is 1. The number of nitrogens with one attached hydrogen (secondary N) is 2. The second-order valence-corrected chi connectivity index (χ2v) is 4.65. The Morgan fingerprint density at radius 2 is 2.25 bits per heavy atom. The van der Waals surface area contributed by atoms with Crippen LogP contribution in [-0.2, 0) is 0 Å². The van der Waals surface area contributed by atoms with Crippen molar-refractivity contribution >= 4 is 21.8 Å². The first-order valence-corrected chi connectivity index (χ1v) is 5.97. The van der Waals surface area contributed by atoms with Crippen LogP contribution >= 0.6 is 15.9 Å². The monoisotopic (exact) mass is 285 g/mol. The van der Waals surface area contributed by atoms with Gasteiger partial charge >= 0.3 is 0 Å². The van der Waals surface area contributed by atoms with Gasteiger partial charge in [-0.25, -0.2) is 4.98 Å². The van der Waals surface area contributed by atoms with Crippen LogP contribution in [-0.4, -0.2) is 31.0 Å². The predicted octanol–water partition coefficient (Wildman–Crippen LogP) is 1.43. The maximum Gasteiger partial charge on any atom is 0.269 e. The number of rotatable bonds is 5. The first kappa shape index (κ1) is 13.1. The van der Waals surface area contributed by atoms with Gasteiger partial charge in [0.05, 0.1) is 0 Å². The SMILES string of the molecule is CNCC(C)CNC(=O)c1ccc(Br)cn1. The first-order valence-electron chi connectivity index (χ1n) is 5.18. The molecule has 5 heteroatoms. The summed E-state index contributed by atoms with van der Waals surface area (Å²) < 4.78 is 0.868. The standard InChI is InChI=1S/C11H16BrN3O/c1-8(5-13-2)6-15-11(16)10-4-3-9(12)7-14-10/h3-4,7-8,13H,5-6H2,1-2H3,(H,15,16). The Kier molecular flexibility index (Phi) is 5.42. The topological polar surface area (TPSA) is 54.0 Å². The summed E-state index contributed by atoms with van der Waals surface area (Å²) in [6, 6.07) is 3.50. The highest BCUT2D eigenvalue weighted by molar-refractivity contribution is 9.10. The molecular formula is C11H16BrN3O. The van der Waals surface area contributed by atoms with Crippen LogP contribution in [0.3, 0.4) is 0 Å². The molecule has 1 amide bonds. The Hall–Kier alpha value is -0.940. The van der Waals surface area contributed by atoms with Crippen LogP contribution in [0.1, 0.15) is 17.4 Å². The van der Waals surface area contributed by atoms with Crippen molar-refractivity contribution in [1.29, 1.82) is 0 Å². The van der Waals surface area contributed by atoms with Gasteiger partial charge in [-0.15, -0.1) is 0 Å². The van der Waals surface area contributed by atoms with Gasteiger partial charge < -0.3 is 10.6 Å². The maximum atomic E-state index is 11.7. The molecule has 88 valence electrons. The Labute approximate surface area is 104 Å². The Morgan fingerprint density at radius 3 is 2.81 bits per heavy atom. The zero-order chi connectivity index (χ0) is 12.0. The normalized spacial score (nSPS) is 12.2. The molecule has 16 heavy (non-hydrogen) atoms. The summed E-state index contributed by atoms with van der Waals surface area (Å²) in [6.07, 6.45) is 1.62. The van der Waals surface area contributed by atoms with Crippen molar-refractivity contribution in [2.45, 2.75) is 6.92 Å². The summed E-state index contributed by atoms with van der Waals surface area (Å²) >= 11 is 3.27. The highest BCUT2D eigenvalue weighted by atomic mass is 79.9. The van der Waals surface area contributed by atoms with Gasteiger partial charge in [0, 0.05) is 17.2 Å². The molecule has 1 heterocycles. The van der Waals surface area contributed by atoms with Crippen molar-refractivity contribution in [2.75, 3.05) is 20.1 Å². The molecule has 2 N–H and O–H groups in total. The molecule has 1 atom stereocenters. The number of carbonyl (C=O) groups is 1. The first-order chi connectivity index (χ1) is 7.63. The molecular weight excluding hydrogens is 270 g/mol. The lowest BCUT2D eigenvalue weighted by molar-refractivity contribution is 0.0943. The molecule has 0 aromatic carbocycles. The van der Waals surface area contributed by atoms with Crippen LogP contribution in [0.25, 0.3) is 0 Å². The predicted molar refractivity (Wildman–Crippen MR) is 67.4 cm³/mol. The van der Waals surface area contributed by atoms with E-state index in [1.165, 1.54) is 0 Å². The summed E-state index contributed by atoms with van der Waals surface area (Å²) in [4.78, 5) is 15.7. The fourth-order valence-corrected chi connectivity index (χ4v) is 1.52. The summed E-state index contributed by atoms with van der Waals surface area (Å²) in [5.41, 5.74) is 0.444. The molecule has 0 bridgehead atoms. The highest BCUT2D eigenvalue weighted by Crippen LogP contribution is 2.07. The number of pyridine rings is 1. The number of hydrogen-bond acceptors (Lipinski definition) is 3. The van der Waals surface area contributed by atoms with Gasteiger partial charge in [0.2, 0.25) is 0 Å². The van der Waals surface area contributed by atoms with Crippen molar-refractivity contribution in [3.05, 3.63) is 28.5 Å². The van der Waals surface area contributed by atoms with Gasteiger partial charge in [0.15, 0.2) is 0 Å². The number of halogens is 1. The quantitative estimate of drug-likeness (QED) is 0.861. The van der Waals surface area contributed by atoms with Crippen molar-refractivity contribution in [2.24, 2.45) is 5.92 Å². The van der Waals surface area contributed by atoms with Gasteiger partial charge in [0.1, 0.15) is 5.69 Å². The molecule has 0 saturated carbocycles. The summed E-state index contributed by atoms with van der Waals surface area (Å²) in [5.74, 6) is 0.278. The molecule has 1 unspecified atom stereocenters. The average Bonchev–Trinajstić information content (AvgIpc) is 2.27. The maximum absolute atomic E-state index is 11.7. The third-order valence-corrected chi connectivity index (χ3v) is 2.59. The molecule has 0 aliphatic heterocycles. The van der Waals surface area contributed by atoms with Crippen LogP contribution in [0.4, 0.5) is 0 Å². The molecule has 0 saturated heterocycles. The van der Waals surface area contributed by atoms with E-state index in [1.807, 2.05) is 7.05 Å². The number of amides is 1. The fraction of sp³-hybridized carbons (Fsp3) is 0.455. The van der Waals surface area contributed by atoms with Crippen LogP contribution < -0.4 is 10.6 Å². The lowest BCUT2D eigenvalue weighted by Crippen LogP contribution is -2.32. The highest BCUT2D eigenvalue weighted by Gasteiger charge is 2.08. The van der Waals surface area contributed by atoms with E-state index >= 15 is 0 Å². The molecule has 0 spiro atoms. The molecule has 1 rings (SSSR count). The van der Waals surface area contributed by atoms with E-state index in [9.17, 15) is 4.79 Å². The van der Waals surface area contributed by atoms with Gasteiger partial charge in [-0.2, -0.15) is 0 Å². The van der Waals surface area contributed by atoms with Gasteiger partial charge in [-0.3, -0.25) is 4.79 Å². The van der Waals surface area contributed by atoms with Gasteiger partial charge in [0.25, 0.3) is 5.91 Å². The van der Waals surface area contributed by atoms with E-state index in [4.69, 9.17) is 0 Å². The minimum Gasteiger partial charge on any atom is -0.350 e. The van der Waals surface area contributed by atoms with E-state index in [1.54, 1.807) is 18.3 Å². The number of hydrogen-bond donors (Lipinski definition) is 2. The zero-order valence-electron chi connectivity index (χ0n) is 9.46. The fourth-order valence-electron chi connectivity index (χ4n) is 1.29. The van der Waals surface area contributed by atoms with Crippen LogP contribution in [0.15, 0.2) is 22.8 Å². The minimum atomic E-state index is -0.129. The van der Waals surface area contributed by atoms with Crippen LogP contribution in [0.5, 0.6) is 0 Å². The smallest absolute Gasteiger partial charge is 0.269 e. The second kappa shape index (κ2) is 6.60. The summed E-state index contributed by atoms with van der Waals surface area (Å²) in [6.45, 7) is 3.61. The van der Waals surface area contributed by atoms with E-state index in [0.717, 1.165) is 11.0 Å². The Balaban J connectivity index is 2.43. The third-order valence-electron chi connectivity index (χ3n) is 2.12. The summed E-state index contributed by atoms with van der Waals surface area (Å²) in [5, 5.41) is 5.91. The van der Waals surface area contributed by atoms with Crippen LogP contribution in [0, 0.1) is 5.92 Å². The Bertz CT molecular complexity index is 340. The lowest BCUT2D eigenvalue weighted by atomic mass is 10.2. The van der Waals surface area contributed by atoms with Gasteiger partial charge in [-0.1, -0.05) is 6.92 Å². The molecule has 0 aliphatic rings. The molecule has 0 fully saturated rings. The van der Waals surface area contributed by atoms with E-state index in [0.29, 0.717) is 18.2 Å². The molecule has 0 aliphatic carbocycles. The van der Waals surface area contributed by atoms with E-state index in [2.05, 4.69) is 38.5 Å². The third kappa shape index (κ3) is 4.28. The van der Waals surface area contributed by atoms with Crippen LogP contribution in [0.2, 0.25) is 0 Å². The zero-order valence-corrected chi connectivity index (χ0v) is 11.0. The molecule has 1 aromatic heterocycles. The minimum absolute atomic E-state index is 0.129. The van der Waals surface area contributed by atoms with Crippen molar-refractivity contribution in [3.63, 3.8) is 0 Å². The van der Waals surface area contributed by atoms with Crippen molar-refractivity contribution in [1.82, 2.24) is 15.6 Å². The van der Waals surface area contributed by atoms with Crippen molar-refractivity contribution in [3.8, 4) is 0 Å². The molecule has 0 radical (unpaired) electrons. The van der Waals surface area contributed by atoms with E-state index < -0.39 is 0 Å². The van der Waals surface area contributed by atoms with Gasteiger partial charge in [-0.05, 0) is 47.6 Å². The Morgan fingerprint density at radius 1 is 1.50 bits per heavy atom. The number of nitrogens with zero attached hydrogens (tertiary/aromatic N) is 1. The lowest BCUT2D eigenvalue weighted by Gasteiger charge is -2.11. The molecule has 1 aromatic rings. The molecule has 4 nitrogen and oxygen atoms in total. The second-order valence-electron chi connectivity index (χ2n) is 3.73. The number of carbonyl (C=O) groups excluding carboxylic acids is 1. The average molecular weight is 286 g/mol. The summed E-state index contributed by atoms with van der Waals surface area (Å²) in [7, 11) is 1.90. The largest absolute Gasteiger partial charge is 0.350 e. The van der Waals surface area contributed by atoms with Crippen molar-refractivity contribution < 1.29 is 4.79 Å². The van der Waals surface area contributed by atoms with E-state index in [-0.39, 0.29) is 5.91 Å².